The first kappa shape index (κ1) is 8.85. The maximum atomic E-state index is 13.6. The molecule has 1 aliphatic heterocycles. The minimum Gasteiger partial charge on any atom is -0.326 e. The number of benzene rings is 1. The van der Waals surface area contributed by atoms with Gasteiger partial charge in [0.1, 0.15) is 5.82 Å². The summed E-state index contributed by atoms with van der Waals surface area (Å²) < 4.78 is 13.6. The van der Waals surface area contributed by atoms with E-state index in [2.05, 4.69) is 0 Å². The molecule has 1 aromatic carbocycles. The average molecular weight is 206 g/mol. The second kappa shape index (κ2) is 2.39. The monoisotopic (exact) mass is 206 g/mol. The molecule has 2 N–H and O–H groups in total. The van der Waals surface area contributed by atoms with Crippen molar-refractivity contribution in [3.05, 3.63) is 29.6 Å². The first-order valence-corrected chi connectivity index (χ1v) is 4.92. The van der Waals surface area contributed by atoms with Crippen LogP contribution < -0.4 is 10.6 Å². The molecule has 3 nitrogen and oxygen atoms in total. The van der Waals surface area contributed by atoms with Crippen molar-refractivity contribution in [3.8, 4) is 0 Å². The second-order valence-electron chi connectivity index (χ2n) is 4.28. The molecule has 2 aliphatic rings. The Kier molecular flexibility index (Phi) is 1.41. The summed E-state index contributed by atoms with van der Waals surface area (Å²) in [5.74, 6) is -0.422. The molecule has 1 spiro atoms. The normalized spacial score (nSPS) is 32.3. The third-order valence-corrected chi connectivity index (χ3v) is 3.50. The molecule has 1 aliphatic carbocycles. The number of carbonyl (C=O) groups is 1. The van der Waals surface area contributed by atoms with Gasteiger partial charge in [0.25, 0.3) is 0 Å². The van der Waals surface area contributed by atoms with E-state index >= 15 is 0 Å². The number of halogens is 1. The fourth-order valence-corrected chi connectivity index (χ4v) is 2.58. The molecular formula is C11H11FN2O. The third-order valence-electron chi connectivity index (χ3n) is 3.50. The first-order chi connectivity index (χ1) is 7.09. The quantitative estimate of drug-likeness (QED) is 0.681. The van der Waals surface area contributed by atoms with E-state index in [-0.39, 0.29) is 17.8 Å². The molecule has 78 valence electrons. The van der Waals surface area contributed by atoms with Crippen molar-refractivity contribution < 1.29 is 9.18 Å². The van der Waals surface area contributed by atoms with Crippen molar-refractivity contribution in [2.45, 2.75) is 17.9 Å². The van der Waals surface area contributed by atoms with E-state index in [4.69, 9.17) is 5.73 Å². The number of para-hydroxylation sites is 1. The molecule has 15 heavy (non-hydrogen) atoms. The molecule has 3 rings (SSSR count). The number of nitrogens with zero attached hydrogens (tertiary/aromatic N) is 1. The van der Waals surface area contributed by atoms with Crippen LogP contribution in [0.4, 0.5) is 10.1 Å². The number of rotatable bonds is 0. The zero-order valence-corrected chi connectivity index (χ0v) is 8.33. The summed E-state index contributed by atoms with van der Waals surface area (Å²) in [6.45, 7) is 0. The van der Waals surface area contributed by atoms with Gasteiger partial charge in [0, 0.05) is 13.1 Å². The zero-order valence-electron chi connectivity index (χ0n) is 8.33. The van der Waals surface area contributed by atoms with Crippen molar-refractivity contribution in [1.82, 2.24) is 0 Å². The maximum absolute atomic E-state index is 13.6. The Balaban J connectivity index is 2.28. The molecule has 1 fully saturated rings. The summed E-state index contributed by atoms with van der Waals surface area (Å²) in [6.07, 6.45) is 0.632. The Labute approximate surface area is 86.7 Å². The lowest BCUT2D eigenvalue weighted by atomic mass is 9.97. The Hall–Kier alpha value is -1.42. The van der Waals surface area contributed by atoms with E-state index in [0.717, 1.165) is 5.56 Å². The van der Waals surface area contributed by atoms with Crippen LogP contribution in [0.1, 0.15) is 12.0 Å². The van der Waals surface area contributed by atoms with E-state index in [9.17, 15) is 9.18 Å². The predicted molar refractivity (Wildman–Crippen MR) is 54.1 cm³/mol. The fourth-order valence-electron chi connectivity index (χ4n) is 2.58. The van der Waals surface area contributed by atoms with Crippen LogP contribution >= 0.6 is 0 Å². The molecule has 1 heterocycles. The van der Waals surface area contributed by atoms with Crippen LogP contribution in [0.2, 0.25) is 0 Å². The molecule has 0 aromatic heterocycles. The van der Waals surface area contributed by atoms with Gasteiger partial charge in [-0.3, -0.25) is 4.79 Å². The number of nitrogens with two attached hydrogens (primary N) is 1. The van der Waals surface area contributed by atoms with Crippen LogP contribution in [-0.4, -0.2) is 19.0 Å². The van der Waals surface area contributed by atoms with Gasteiger partial charge in [-0.25, -0.2) is 4.39 Å². The van der Waals surface area contributed by atoms with Gasteiger partial charge in [-0.2, -0.15) is 0 Å². The van der Waals surface area contributed by atoms with Gasteiger partial charge >= 0.3 is 0 Å². The highest BCUT2D eigenvalue weighted by atomic mass is 19.1. The van der Waals surface area contributed by atoms with Gasteiger partial charge in [-0.05, 0) is 18.1 Å². The molecule has 0 saturated heterocycles. The molecule has 1 amide bonds. The summed E-state index contributed by atoms with van der Waals surface area (Å²) in [4.78, 5) is 13.4. The van der Waals surface area contributed by atoms with Crippen LogP contribution in [0, 0.1) is 5.82 Å². The average Bonchev–Trinajstić information content (AvgIpc) is 2.83. The summed E-state index contributed by atoms with van der Waals surface area (Å²) in [7, 11) is 1.60. The summed E-state index contributed by atoms with van der Waals surface area (Å²) in [5.41, 5.74) is 6.34. The number of fused-ring (bicyclic) bond motifs is 2. The molecular weight excluding hydrogens is 195 g/mol. The number of likely N-dealkylation sites (N-methyl/N-ethyl adjacent to an activating group) is 1. The summed E-state index contributed by atoms with van der Waals surface area (Å²) in [6, 6.07) is 4.64. The minimum absolute atomic E-state index is 0.0740. The fraction of sp³-hybridized carbons (Fsp3) is 0.364. The SMILES string of the molecule is CN1C(=O)C2(CC2N)c2cccc(F)c21. The van der Waals surface area contributed by atoms with Crippen molar-refractivity contribution in [3.63, 3.8) is 0 Å². The van der Waals surface area contributed by atoms with Crippen LogP contribution in [-0.2, 0) is 10.2 Å². The number of carbonyl (C=O) groups excluding carboxylic acids is 1. The van der Waals surface area contributed by atoms with Gasteiger partial charge in [-0.15, -0.1) is 0 Å². The second-order valence-corrected chi connectivity index (χ2v) is 4.28. The lowest BCUT2D eigenvalue weighted by Gasteiger charge is -2.10. The third kappa shape index (κ3) is 0.814. The van der Waals surface area contributed by atoms with Crippen molar-refractivity contribution in [2.75, 3.05) is 11.9 Å². The topological polar surface area (TPSA) is 46.3 Å². The Morgan fingerprint density at radius 3 is 2.87 bits per heavy atom. The minimum atomic E-state index is -0.619. The summed E-state index contributed by atoms with van der Waals surface area (Å²) >= 11 is 0. The van der Waals surface area contributed by atoms with Gasteiger partial charge < -0.3 is 10.6 Å². The van der Waals surface area contributed by atoms with E-state index in [1.807, 2.05) is 0 Å². The number of hydrogen-bond donors (Lipinski definition) is 1. The van der Waals surface area contributed by atoms with E-state index in [1.54, 1.807) is 19.2 Å². The Bertz CT molecular complexity index is 474. The highest BCUT2D eigenvalue weighted by Gasteiger charge is 2.65. The van der Waals surface area contributed by atoms with Crippen molar-refractivity contribution in [1.29, 1.82) is 0 Å². The molecule has 0 bridgehead atoms. The molecule has 2 atom stereocenters. The number of hydrogen-bond acceptors (Lipinski definition) is 2. The standard InChI is InChI=1S/C11H11FN2O/c1-14-9-6(3-2-4-7(9)12)11(10(14)15)5-8(11)13/h2-4,8H,5,13H2,1H3. The van der Waals surface area contributed by atoms with Crippen LogP contribution in [0.3, 0.4) is 0 Å². The summed E-state index contributed by atoms with van der Waals surface area (Å²) in [5, 5.41) is 0. The predicted octanol–water partition coefficient (Wildman–Crippen LogP) is 0.771. The van der Waals surface area contributed by atoms with Crippen LogP contribution in [0.25, 0.3) is 0 Å². The zero-order chi connectivity index (χ0) is 10.8. The smallest absolute Gasteiger partial charge is 0.239 e. The highest BCUT2D eigenvalue weighted by molar-refractivity contribution is 6.10. The van der Waals surface area contributed by atoms with Gasteiger partial charge in [-0.1, -0.05) is 12.1 Å². The molecule has 1 aromatic rings. The van der Waals surface area contributed by atoms with Crippen molar-refractivity contribution in [2.24, 2.45) is 5.73 Å². The van der Waals surface area contributed by atoms with E-state index in [1.165, 1.54) is 11.0 Å². The number of amides is 1. The van der Waals surface area contributed by atoms with Crippen LogP contribution in [0.5, 0.6) is 0 Å². The molecule has 0 radical (unpaired) electrons. The highest BCUT2D eigenvalue weighted by Crippen LogP contribution is 2.56. The Morgan fingerprint density at radius 1 is 1.60 bits per heavy atom. The van der Waals surface area contributed by atoms with Crippen molar-refractivity contribution >= 4 is 11.6 Å². The maximum Gasteiger partial charge on any atom is 0.239 e. The Morgan fingerprint density at radius 2 is 2.27 bits per heavy atom. The first-order valence-electron chi connectivity index (χ1n) is 4.92. The van der Waals surface area contributed by atoms with Gasteiger partial charge in [0.05, 0.1) is 11.1 Å². The largest absolute Gasteiger partial charge is 0.326 e. The lowest BCUT2D eigenvalue weighted by molar-refractivity contribution is -0.120. The van der Waals surface area contributed by atoms with E-state index < -0.39 is 5.41 Å². The molecule has 1 saturated carbocycles. The van der Waals surface area contributed by atoms with E-state index in [0.29, 0.717) is 12.1 Å². The molecule has 4 heteroatoms. The van der Waals surface area contributed by atoms with Gasteiger partial charge in [0.15, 0.2) is 0 Å². The molecule has 2 unspecified atom stereocenters. The lowest BCUT2D eigenvalue weighted by Crippen LogP contribution is -2.32. The van der Waals surface area contributed by atoms with Crippen LogP contribution in [0.15, 0.2) is 18.2 Å². The number of anilines is 1. The van der Waals surface area contributed by atoms with Gasteiger partial charge in [0.2, 0.25) is 5.91 Å².